The van der Waals surface area contributed by atoms with Crippen molar-refractivity contribution in [1.29, 1.82) is 5.26 Å². The summed E-state index contributed by atoms with van der Waals surface area (Å²) < 4.78 is 10.4. The molecule has 4 heteroatoms. The summed E-state index contributed by atoms with van der Waals surface area (Å²) >= 11 is 0. The molecule has 0 saturated heterocycles. The molecule has 2 aromatic rings. The number of carbonyl (C=O) groups excluding carboxylic acids is 1. The molecule has 0 bridgehead atoms. The van der Waals surface area contributed by atoms with Crippen LogP contribution in [0.1, 0.15) is 11.1 Å². The lowest BCUT2D eigenvalue weighted by Crippen LogP contribution is -2.17. The first kappa shape index (κ1) is 13.6. The van der Waals surface area contributed by atoms with Crippen LogP contribution < -0.4 is 9.47 Å². The van der Waals surface area contributed by atoms with Gasteiger partial charge in [0, 0.05) is 0 Å². The second-order valence-electron chi connectivity index (χ2n) is 4.21. The van der Waals surface area contributed by atoms with Crippen LogP contribution in [0.15, 0.2) is 48.5 Å². The van der Waals surface area contributed by atoms with Crippen molar-refractivity contribution in [1.82, 2.24) is 0 Å². The summed E-state index contributed by atoms with van der Waals surface area (Å²) in [6.45, 7) is 1.78. The number of ether oxygens (including phenoxy) is 2. The van der Waals surface area contributed by atoms with Crippen molar-refractivity contribution in [3.63, 3.8) is 0 Å². The highest BCUT2D eigenvalue weighted by Crippen LogP contribution is 2.13. The van der Waals surface area contributed by atoms with Gasteiger partial charge in [-0.2, -0.15) is 5.26 Å². The summed E-state index contributed by atoms with van der Waals surface area (Å²) in [6, 6.07) is 15.7. The lowest BCUT2D eigenvalue weighted by atomic mass is 10.2. The van der Waals surface area contributed by atoms with Gasteiger partial charge in [-0.1, -0.05) is 17.7 Å². The maximum Gasteiger partial charge on any atom is 0.349 e. The van der Waals surface area contributed by atoms with Crippen molar-refractivity contribution in [3.8, 4) is 17.6 Å². The molecule has 0 aromatic heterocycles. The van der Waals surface area contributed by atoms with Gasteiger partial charge in [0.25, 0.3) is 0 Å². The average molecular weight is 267 g/mol. The standard InChI is InChI=1S/C16H13NO3/c1-12-2-6-15(7-3-12)20-16(18)11-19-14-8-4-13(10-17)5-9-14/h2-9H,11H2,1H3. The molecule has 0 heterocycles. The second kappa shape index (κ2) is 6.39. The molecular weight excluding hydrogens is 254 g/mol. The molecule has 0 aliphatic heterocycles. The third kappa shape index (κ3) is 3.85. The van der Waals surface area contributed by atoms with Crippen molar-refractivity contribution in [3.05, 3.63) is 59.7 Å². The van der Waals surface area contributed by atoms with E-state index in [4.69, 9.17) is 14.7 Å². The number of benzene rings is 2. The molecule has 0 aliphatic carbocycles. The summed E-state index contributed by atoms with van der Waals surface area (Å²) in [5.74, 6) is 0.534. The Morgan fingerprint density at radius 2 is 1.65 bits per heavy atom. The first-order valence-corrected chi connectivity index (χ1v) is 6.08. The Bertz CT molecular complexity index is 624. The SMILES string of the molecule is Cc1ccc(OC(=O)COc2ccc(C#N)cc2)cc1. The van der Waals surface area contributed by atoms with E-state index in [1.807, 2.05) is 25.1 Å². The van der Waals surface area contributed by atoms with E-state index in [-0.39, 0.29) is 6.61 Å². The first-order valence-electron chi connectivity index (χ1n) is 6.08. The molecule has 0 radical (unpaired) electrons. The Labute approximate surface area is 117 Å². The fourth-order valence-corrected chi connectivity index (χ4v) is 1.54. The molecule has 0 aliphatic rings. The highest BCUT2D eigenvalue weighted by molar-refractivity contribution is 5.73. The zero-order chi connectivity index (χ0) is 14.4. The average Bonchev–Trinajstić information content (AvgIpc) is 2.48. The minimum Gasteiger partial charge on any atom is -0.482 e. The summed E-state index contributed by atoms with van der Waals surface area (Å²) in [7, 11) is 0. The van der Waals surface area contributed by atoms with Crippen molar-refractivity contribution >= 4 is 5.97 Å². The van der Waals surface area contributed by atoms with Gasteiger partial charge in [0.2, 0.25) is 0 Å². The van der Waals surface area contributed by atoms with Crippen LogP contribution >= 0.6 is 0 Å². The predicted octanol–water partition coefficient (Wildman–Crippen LogP) is 2.85. The molecule has 0 saturated carbocycles. The molecule has 0 unspecified atom stereocenters. The van der Waals surface area contributed by atoms with Gasteiger partial charge in [-0.25, -0.2) is 4.79 Å². The number of hydrogen-bond donors (Lipinski definition) is 0. The number of carbonyl (C=O) groups is 1. The van der Waals surface area contributed by atoms with Gasteiger partial charge in [-0.05, 0) is 43.3 Å². The van der Waals surface area contributed by atoms with E-state index in [0.29, 0.717) is 17.1 Å². The van der Waals surface area contributed by atoms with Crippen molar-refractivity contribution in [2.45, 2.75) is 6.92 Å². The third-order valence-corrected chi connectivity index (χ3v) is 2.59. The van der Waals surface area contributed by atoms with E-state index >= 15 is 0 Å². The summed E-state index contributed by atoms with van der Waals surface area (Å²) in [5, 5.41) is 8.67. The number of hydrogen-bond acceptors (Lipinski definition) is 4. The van der Waals surface area contributed by atoms with Crippen LogP contribution in [-0.2, 0) is 4.79 Å². The van der Waals surface area contributed by atoms with E-state index in [1.165, 1.54) is 0 Å². The number of nitriles is 1. The van der Waals surface area contributed by atoms with E-state index in [2.05, 4.69) is 0 Å². The monoisotopic (exact) mass is 267 g/mol. The van der Waals surface area contributed by atoms with E-state index in [1.54, 1.807) is 36.4 Å². The molecular formula is C16H13NO3. The Kier molecular flexibility index (Phi) is 4.35. The van der Waals surface area contributed by atoms with Gasteiger partial charge >= 0.3 is 5.97 Å². The van der Waals surface area contributed by atoms with Gasteiger partial charge in [-0.3, -0.25) is 0 Å². The van der Waals surface area contributed by atoms with Crippen LogP contribution in [0.25, 0.3) is 0 Å². The normalized spacial score (nSPS) is 9.60. The molecule has 0 amide bonds. The van der Waals surface area contributed by atoms with Crippen LogP contribution in [0, 0.1) is 18.3 Å². The van der Waals surface area contributed by atoms with Crippen molar-refractivity contribution < 1.29 is 14.3 Å². The van der Waals surface area contributed by atoms with Gasteiger partial charge in [0.05, 0.1) is 11.6 Å². The molecule has 0 N–H and O–H groups in total. The lowest BCUT2D eigenvalue weighted by Gasteiger charge is -2.07. The smallest absolute Gasteiger partial charge is 0.349 e. The third-order valence-electron chi connectivity index (χ3n) is 2.59. The Morgan fingerprint density at radius 3 is 2.25 bits per heavy atom. The zero-order valence-corrected chi connectivity index (χ0v) is 11.0. The number of nitrogens with zero attached hydrogens (tertiary/aromatic N) is 1. The lowest BCUT2D eigenvalue weighted by molar-refractivity contribution is -0.136. The summed E-state index contributed by atoms with van der Waals surface area (Å²) in [5.41, 5.74) is 1.64. The van der Waals surface area contributed by atoms with Gasteiger partial charge < -0.3 is 9.47 Å². The van der Waals surface area contributed by atoms with Crippen LogP contribution in [0.5, 0.6) is 11.5 Å². The van der Waals surface area contributed by atoms with Crippen LogP contribution in [0.3, 0.4) is 0 Å². The Balaban J connectivity index is 1.85. The second-order valence-corrected chi connectivity index (χ2v) is 4.21. The van der Waals surface area contributed by atoms with E-state index in [9.17, 15) is 4.79 Å². The fraction of sp³-hybridized carbons (Fsp3) is 0.125. The zero-order valence-electron chi connectivity index (χ0n) is 11.0. The van der Waals surface area contributed by atoms with Gasteiger partial charge in [-0.15, -0.1) is 0 Å². The van der Waals surface area contributed by atoms with Gasteiger partial charge in [0.1, 0.15) is 11.5 Å². The Hall–Kier alpha value is -2.80. The van der Waals surface area contributed by atoms with Gasteiger partial charge in [0.15, 0.2) is 6.61 Å². The molecule has 0 fully saturated rings. The summed E-state index contributed by atoms with van der Waals surface area (Å²) in [6.07, 6.45) is 0. The highest BCUT2D eigenvalue weighted by Gasteiger charge is 2.06. The first-order chi connectivity index (χ1) is 9.67. The Morgan fingerprint density at radius 1 is 1.05 bits per heavy atom. The minimum absolute atomic E-state index is 0.181. The molecule has 4 nitrogen and oxygen atoms in total. The van der Waals surface area contributed by atoms with Crippen LogP contribution in [0.4, 0.5) is 0 Å². The highest BCUT2D eigenvalue weighted by atomic mass is 16.6. The largest absolute Gasteiger partial charge is 0.482 e. The molecule has 0 spiro atoms. The quantitative estimate of drug-likeness (QED) is 0.631. The molecule has 20 heavy (non-hydrogen) atoms. The maximum atomic E-state index is 11.6. The predicted molar refractivity (Wildman–Crippen MR) is 73.5 cm³/mol. The molecule has 0 atom stereocenters. The van der Waals surface area contributed by atoms with Crippen LogP contribution in [0.2, 0.25) is 0 Å². The van der Waals surface area contributed by atoms with Crippen molar-refractivity contribution in [2.24, 2.45) is 0 Å². The number of rotatable bonds is 4. The maximum absolute atomic E-state index is 11.6. The molecule has 100 valence electrons. The summed E-state index contributed by atoms with van der Waals surface area (Å²) in [4.78, 5) is 11.6. The minimum atomic E-state index is -0.474. The number of aryl methyl sites for hydroxylation is 1. The fourth-order valence-electron chi connectivity index (χ4n) is 1.54. The molecule has 2 aromatic carbocycles. The number of esters is 1. The van der Waals surface area contributed by atoms with E-state index < -0.39 is 5.97 Å². The topological polar surface area (TPSA) is 59.3 Å². The van der Waals surface area contributed by atoms with Crippen LogP contribution in [-0.4, -0.2) is 12.6 Å². The van der Waals surface area contributed by atoms with Crippen molar-refractivity contribution in [2.75, 3.05) is 6.61 Å². The van der Waals surface area contributed by atoms with E-state index in [0.717, 1.165) is 5.56 Å². The molecule has 2 rings (SSSR count).